The Morgan fingerprint density at radius 1 is 0.396 bits per heavy atom. The van der Waals surface area contributed by atoms with Crippen molar-refractivity contribution in [1.82, 2.24) is 9.55 Å². The molecule has 2 heterocycles. The van der Waals surface area contributed by atoms with E-state index in [0.29, 0.717) is 5.56 Å². The first-order valence-corrected chi connectivity index (χ1v) is 17.8. The second kappa shape index (κ2) is 12.5. The maximum Gasteiger partial charge on any atom is 0.0991 e. The lowest BCUT2D eigenvalue weighted by atomic mass is 9.85. The molecule has 3 heteroatoms. The highest BCUT2D eigenvalue weighted by Crippen LogP contribution is 2.45. The zero-order chi connectivity index (χ0) is 35.3. The molecule has 10 rings (SSSR count). The lowest BCUT2D eigenvalue weighted by molar-refractivity contribution is 1.18. The van der Waals surface area contributed by atoms with Crippen LogP contribution in [0.15, 0.2) is 188 Å². The molecule has 0 N–H and O–H groups in total. The molecular formula is C50H31N3. The van der Waals surface area contributed by atoms with E-state index in [1.54, 1.807) is 0 Å². The lowest BCUT2D eigenvalue weighted by Gasteiger charge is -2.18. The van der Waals surface area contributed by atoms with Crippen LogP contribution in [0, 0.1) is 11.3 Å². The number of benzene rings is 8. The van der Waals surface area contributed by atoms with E-state index in [1.807, 2.05) is 24.4 Å². The molecular weight excluding hydrogens is 643 g/mol. The third kappa shape index (κ3) is 5.08. The van der Waals surface area contributed by atoms with Crippen molar-refractivity contribution in [2.45, 2.75) is 0 Å². The zero-order valence-corrected chi connectivity index (χ0v) is 28.7. The van der Waals surface area contributed by atoms with Crippen LogP contribution in [0.4, 0.5) is 0 Å². The Labute approximate surface area is 307 Å². The minimum atomic E-state index is 0.649. The summed E-state index contributed by atoms with van der Waals surface area (Å²) in [5, 5.41) is 16.8. The van der Waals surface area contributed by atoms with E-state index >= 15 is 0 Å². The smallest absolute Gasteiger partial charge is 0.0991 e. The molecule has 0 saturated carbocycles. The van der Waals surface area contributed by atoms with E-state index in [0.717, 1.165) is 49.9 Å². The second-order valence-electron chi connectivity index (χ2n) is 13.5. The Bertz CT molecular complexity index is 3030. The van der Waals surface area contributed by atoms with Crippen molar-refractivity contribution in [3.63, 3.8) is 0 Å². The molecule has 2 aromatic heterocycles. The molecule has 0 aliphatic carbocycles. The molecule has 0 spiro atoms. The highest BCUT2D eigenvalue weighted by atomic mass is 15.0. The van der Waals surface area contributed by atoms with Gasteiger partial charge in [0.15, 0.2) is 0 Å². The predicted octanol–water partition coefficient (Wildman–Crippen LogP) is 13.0. The number of hydrogen-bond donors (Lipinski definition) is 0. The maximum absolute atomic E-state index is 9.72. The minimum absolute atomic E-state index is 0.649. The van der Waals surface area contributed by atoms with Gasteiger partial charge in [-0.25, -0.2) is 0 Å². The van der Waals surface area contributed by atoms with Crippen LogP contribution in [0.25, 0.3) is 93.7 Å². The number of aromatic nitrogens is 2. The van der Waals surface area contributed by atoms with Gasteiger partial charge in [-0.05, 0) is 104 Å². The van der Waals surface area contributed by atoms with Crippen LogP contribution >= 0.6 is 0 Å². The van der Waals surface area contributed by atoms with E-state index in [-0.39, 0.29) is 0 Å². The van der Waals surface area contributed by atoms with Crippen LogP contribution < -0.4 is 0 Å². The molecule has 0 atom stereocenters. The highest BCUT2D eigenvalue weighted by molar-refractivity contribution is 6.22. The number of para-hydroxylation sites is 1. The van der Waals surface area contributed by atoms with Gasteiger partial charge in [0.1, 0.15) is 0 Å². The van der Waals surface area contributed by atoms with Gasteiger partial charge in [-0.3, -0.25) is 4.98 Å². The molecule has 3 nitrogen and oxygen atoms in total. The molecule has 0 unspecified atom stereocenters. The number of rotatable bonds is 5. The van der Waals surface area contributed by atoms with Crippen molar-refractivity contribution in [3.05, 3.63) is 194 Å². The molecule has 0 saturated heterocycles. The molecule has 0 amide bonds. The van der Waals surface area contributed by atoms with E-state index in [1.165, 1.54) is 43.8 Å². The first kappa shape index (κ1) is 30.5. The van der Waals surface area contributed by atoms with Crippen LogP contribution in [-0.2, 0) is 0 Å². The summed E-state index contributed by atoms with van der Waals surface area (Å²) in [6.45, 7) is 0. The predicted molar refractivity (Wildman–Crippen MR) is 220 cm³/mol. The van der Waals surface area contributed by atoms with E-state index in [4.69, 9.17) is 4.98 Å². The van der Waals surface area contributed by atoms with E-state index < -0.39 is 0 Å². The zero-order valence-electron chi connectivity index (χ0n) is 28.7. The fraction of sp³-hybridized carbons (Fsp3) is 0. The van der Waals surface area contributed by atoms with Crippen molar-refractivity contribution in [3.8, 4) is 56.4 Å². The number of hydrogen-bond acceptors (Lipinski definition) is 2. The summed E-state index contributed by atoms with van der Waals surface area (Å²) in [4.78, 5) is 5.05. The summed E-state index contributed by atoms with van der Waals surface area (Å²) in [5.41, 5.74) is 12.9. The number of nitrogens with zero attached hydrogens (tertiary/aromatic N) is 3. The lowest BCUT2D eigenvalue weighted by Crippen LogP contribution is -1.93. The van der Waals surface area contributed by atoms with Gasteiger partial charge in [0, 0.05) is 33.8 Å². The normalized spacial score (nSPS) is 11.4. The number of pyridine rings is 1. The summed E-state index contributed by atoms with van der Waals surface area (Å²) in [6.07, 6.45) is 1.98. The first-order valence-electron chi connectivity index (χ1n) is 17.8. The van der Waals surface area contributed by atoms with Gasteiger partial charge in [-0.2, -0.15) is 5.26 Å². The number of fused-ring (bicyclic) bond motifs is 5. The molecule has 53 heavy (non-hydrogen) atoms. The summed E-state index contributed by atoms with van der Waals surface area (Å²) < 4.78 is 2.27. The highest BCUT2D eigenvalue weighted by Gasteiger charge is 2.18. The molecule has 0 aliphatic heterocycles. The summed E-state index contributed by atoms with van der Waals surface area (Å²) in [7, 11) is 0. The molecule has 0 aliphatic rings. The van der Waals surface area contributed by atoms with Crippen molar-refractivity contribution in [1.29, 1.82) is 5.26 Å². The molecule has 246 valence electrons. The van der Waals surface area contributed by atoms with Gasteiger partial charge in [-0.15, -0.1) is 0 Å². The first-order chi connectivity index (χ1) is 26.2. The third-order valence-electron chi connectivity index (χ3n) is 10.5. The fourth-order valence-electron chi connectivity index (χ4n) is 8.03. The average molecular weight is 674 g/mol. The van der Waals surface area contributed by atoms with Gasteiger partial charge in [0.2, 0.25) is 0 Å². The van der Waals surface area contributed by atoms with Gasteiger partial charge >= 0.3 is 0 Å². The van der Waals surface area contributed by atoms with Gasteiger partial charge < -0.3 is 4.57 Å². The Morgan fingerprint density at radius 2 is 0.925 bits per heavy atom. The molecule has 8 aromatic carbocycles. The van der Waals surface area contributed by atoms with Crippen molar-refractivity contribution in [2.24, 2.45) is 0 Å². The standard InChI is InChI=1S/C50H31N3/c51-31-33-20-26-47-43(28-33)44-29-36(23-27-48(44)53(47)39-16-8-3-9-17-39)38-22-25-46(52-32-38)37-21-24-42-45(30-37)50(35-14-6-2-7-15-35)41-19-11-10-18-40(41)49(42)34-12-4-1-5-13-34/h1-30,32H. The van der Waals surface area contributed by atoms with Crippen molar-refractivity contribution < 1.29 is 0 Å². The van der Waals surface area contributed by atoms with Crippen LogP contribution in [-0.4, -0.2) is 9.55 Å². The largest absolute Gasteiger partial charge is 0.309 e. The Balaban J connectivity index is 1.12. The van der Waals surface area contributed by atoms with Gasteiger partial charge in [0.25, 0.3) is 0 Å². The Kier molecular flexibility index (Phi) is 7.20. The summed E-state index contributed by atoms with van der Waals surface area (Å²) >= 11 is 0. The van der Waals surface area contributed by atoms with Gasteiger partial charge in [0.05, 0.1) is 28.4 Å². The van der Waals surface area contributed by atoms with Gasteiger partial charge in [-0.1, -0.05) is 127 Å². The Morgan fingerprint density at radius 3 is 1.57 bits per heavy atom. The SMILES string of the molecule is N#Cc1ccc2c(c1)c1cc(-c3ccc(-c4ccc5c(-c6ccccc6)c6ccccc6c(-c6ccccc6)c5c4)nc3)ccc1n2-c1ccccc1. The van der Waals surface area contributed by atoms with Crippen LogP contribution in [0.2, 0.25) is 0 Å². The quantitative estimate of drug-likeness (QED) is 0.171. The topological polar surface area (TPSA) is 41.6 Å². The van der Waals surface area contributed by atoms with Crippen molar-refractivity contribution in [2.75, 3.05) is 0 Å². The third-order valence-corrected chi connectivity index (χ3v) is 10.5. The average Bonchev–Trinajstić information content (AvgIpc) is 3.56. The monoisotopic (exact) mass is 673 g/mol. The second-order valence-corrected chi connectivity index (χ2v) is 13.5. The molecule has 0 radical (unpaired) electrons. The molecule has 0 bridgehead atoms. The van der Waals surface area contributed by atoms with Crippen LogP contribution in [0.1, 0.15) is 5.56 Å². The summed E-state index contributed by atoms with van der Waals surface area (Å²) in [5.74, 6) is 0. The van der Waals surface area contributed by atoms with E-state index in [2.05, 4.69) is 174 Å². The minimum Gasteiger partial charge on any atom is -0.309 e. The maximum atomic E-state index is 9.72. The molecule has 0 fully saturated rings. The summed E-state index contributed by atoms with van der Waals surface area (Å²) in [6, 6.07) is 66.5. The van der Waals surface area contributed by atoms with Crippen molar-refractivity contribution >= 4 is 43.4 Å². The number of nitriles is 1. The van der Waals surface area contributed by atoms with Crippen LogP contribution in [0.5, 0.6) is 0 Å². The fourth-order valence-corrected chi connectivity index (χ4v) is 8.03. The Hall–Kier alpha value is -7.28. The van der Waals surface area contributed by atoms with Crippen LogP contribution in [0.3, 0.4) is 0 Å². The van der Waals surface area contributed by atoms with E-state index in [9.17, 15) is 5.26 Å². The molecule has 10 aromatic rings.